The molecule has 0 saturated carbocycles. The van der Waals surface area contributed by atoms with E-state index in [0.29, 0.717) is 0 Å². The van der Waals surface area contributed by atoms with Gasteiger partial charge in [0.15, 0.2) is 0 Å². The van der Waals surface area contributed by atoms with E-state index in [-0.39, 0.29) is 0 Å². The first-order chi connectivity index (χ1) is 10.4. The molecule has 1 N–H and O–H groups in total. The van der Waals surface area contributed by atoms with Gasteiger partial charge in [0, 0.05) is 37.3 Å². The first kappa shape index (κ1) is 12.7. The van der Waals surface area contributed by atoms with E-state index in [1.165, 1.54) is 11.1 Å². The van der Waals surface area contributed by atoms with Gasteiger partial charge in [-0.1, -0.05) is 11.2 Å². The average Bonchev–Trinajstić information content (AvgIpc) is 2.99. The van der Waals surface area contributed by atoms with Gasteiger partial charge in [0.2, 0.25) is 5.88 Å². The molecule has 110 valence electrons. The minimum atomic E-state index is 0.869. The molecule has 4 rings (SSSR count). The molecule has 1 aromatic heterocycles. The molecule has 0 radical (unpaired) electrons. The minimum Gasteiger partial charge on any atom is -0.497 e. The number of nitrogens with one attached hydrogen (secondary N) is 1. The average molecular weight is 285 g/mol. The van der Waals surface area contributed by atoms with Crippen LogP contribution in [0.3, 0.4) is 0 Å². The normalized spacial score (nSPS) is 17.3. The van der Waals surface area contributed by atoms with E-state index in [2.05, 4.69) is 27.5 Å². The van der Waals surface area contributed by atoms with Crippen molar-refractivity contribution in [3.8, 4) is 17.0 Å². The second-order valence-corrected chi connectivity index (χ2v) is 5.58. The summed E-state index contributed by atoms with van der Waals surface area (Å²) >= 11 is 0. The van der Waals surface area contributed by atoms with Gasteiger partial charge in [-0.15, -0.1) is 0 Å². The molecule has 5 nitrogen and oxygen atoms in total. The fourth-order valence-corrected chi connectivity index (χ4v) is 3.23. The Morgan fingerprint density at radius 3 is 2.90 bits per heavy atom. The fraction of sp³-hybridized carbons (Fsp3) is 0.438. The lowest BCUT2D eigenvalue weighted by atomic mass is 9.89. The Morgan fingerprint density at radius 1 is 1.24 bits per heavy atom. The number of fused-ring (bicyclic) bond motifs is 3. The molecule has 0 unspecified atom stereocenters. The number of piperazine rings is 1. The highest BCUT2D eigenvalue weighted by Crippen LogP contribution is 2.39. The molecule has 5 heteroatoms. The molecule has 1 aliphatic heterocycles. The molecule has 0 amide bonds. The number of anilines is 1. The summed E-state index contributed by atoms with van der Waals surface area (Å²) in [6.45, 7) is 3.96. The number of hydrogen-bond donors (Lipinski definition) is 1. The predicted octanol–water partition coefficient (Wildman–Crippen LogP) is 1.86. The first-order valence-electron chi connectivity index (χ1n) is 7.48. The van der Waals surface area contributed by atoms with Crippen LogP contribution >= 0.6 is 0 Å². The summed E-state index contributed by atoms with van der Waals surface area (Å²) in [5.41, 5.74) is 4.71. The molecule has 1 aromatic carbocycles. The lowest BCUT2D eigenvalue weighted by molar-refractivity contribution is 0.408. The van der Waals surface area contributed by atoms with E-state index < -0.39 is 0 Å². The number of methoxy groups -OCH3 is 1. The Balaban J connectivity index is 1.76. The summed E-state index contributed by atoms with van der Waals surface area (Å²) in [5.74, 6) is 1.83. The van der Waals surface area contributed by atoms with Crippen LogP contribution in [-0.2, 0) is 12.8 Å². The van der Waals surface area contributed by atoms with Crippen LogP contribution < -0.4 is 15.0 Å². The van der Waals surface area contributed by atoms with Gasteiger partial charge >= 0.3 is 0 Å². The Hall–Kier alpha value is -2.01. The lowest BCUT2D eigenvalue weighted by Gasteiger charge is -2.28. The van der Waals surface area contributed by atoms with Crippen molar-refractivity contribution in [2.24, 2.45) is 0 Å². The largest absolute Gasteiger partial charge is 0.497 e. The zero-order chi connectivity index (χ0) is 14.2. The summed E-state index contributed by atoms with van der Waals surface area (Å²) in [6.07, 6.45) is 2.03. The summed E-state index contributed by atoms with van der Waals surface area (Å²) in [6, 6.07) is 6.22. The van der Waals surface area contributed by atoms with Gasteiger partial charge in [0.1, 0.15) is 11.4 Å². The van der Waals surface area contributed by atoms with Crippen molar-refractivity contribution in [3.05, 3.63) is 29.3 Å². The van der Waals surface area contributed by atoms with Crippen LogP contribution in [0.4, 0.5) is 5.88 Å². The second kappa shape index (κ2) is 5.07. The Bertz CT molecular complexity index is 660. The van der Waals surface area contributed by atoms with E-state index in [1.54, 1.807) is 7.11 Å². The maximum absolute atomic E-state index is 5.69. The van der Waals surface area contributed by atoms with Gasteiger partial charge in [-0.25, -0.2) is 0 Å². The van der Waals surface area contributed by atoms with Crippen LogP contribution in [0.15, 0.2) is 22.7 Å². The van der Waals surface area contributed by atoms with Crippen molar-refractivity contribution < 1.29 is 9.26 Å². The smallest absolute Gasteiger partial charge is 0.231 e. The second-order valence-electron chi connectivity index (χ2n) is 5.58. The van der Waals surface area contributed by atoms with E-state index in [1.807, 2.05) is 6.07 Å². The number of aryl methyl sites for hydroxylation is 1. The van der Waals surface area contributed by atoms with Crippen LogP contribution in [0.25, 0.3) is 11.3 Å². The Kier molecular flexibility index (Phi) is 3.07. The van der Waals surface area contributed by atoms with Crippen LogP contribution in [0.5, 0.6) is 5.75 Å². The number of nitrogens with zero attached hydrogens (tertiary/aromatic N) is 2. The number of hydrogen-bond acceptors (Lipinski definition) is 5. The van der Waals surface area contributed by atoms with Crippen molar-refractivity contribution in [1.82, 2.24) is 10.5 Å². The molecule has 21 heavy (non-hydrogen) atoms. The number of benzene rings is 1. The molecule has 1 aliphatic carbocycles. The predicted molar refractivity (Wildman–Crippen MR) is 81.0 cm³/mol. The number of ether oxygens (including phenoxy) is 1. The molecule has 1 saturated heterocycles. The highest BCUT2D eigenvalue weighted by atomic mass is 16.5. The number of rotatable bonds is 2. The van der Waals surface area contributed by atoms with Crippen LogP contribution in [0, 0.1) is 0 Å². The van der Waals surface area contributed by atoms with Crippen LogP contribution in [-0.4, -0.2) is 38.4 Å². The molecule has 0 spiro atoms. The van der Waals surface area contributed by atoms with E-state index in [4.69, 9.17) is 9.26 Å². The molecular weight excluding hydrogens is 266 g/mol. The van der Waals surface area contributed by atoms with Gasteiger partial charge in [-0.05, 0) is 30.5 Å². The third kappa shape index (κ3) is 2.08. The third-order valence-corrected chi connectivity index (χ3v) is 4.39. The molecule has 2 aliphatic rings. The lowest BCUT2D eigenvalue weighted by Crippen LogP contribution is -2.43. The zero-order valence-corrected chi connectivity index (χ0v) is 12.2. The van der Waals surface area contributed by atoms with Crippen LogP contribution in [0.2, 0.25) is 0 Å². The summed E-state index contributed by atoms with van der Waals surface area (Å²) in [5, 5.41) is 7.72. The minimum absolute atomic E-state index is 0.869. The van der Waals surface area contributed by atoms with Crippen molar-refractivity contribution in [3.63, 3.8) is 0 Å². The molecule has 1 fully saturated rings. The van der Waals surface area contributed by atoms with Gasteiger partial charge in [-0.2, -0.15) is 0 Å². The van der Waals surface area contributed by atoms with Crippen molar-refractivity contribution >= 4 is 5.88 Å². The van der Waals surface area contributed by atoms with Gasteiger partial charge in [0.25, 0.3) is 0 Å². The summed E-state index contributed by atoms with van der Waals surface area (Å²) in [4.78, 5) is 2.30. The van der Waals surface area contributed by atoms with Crippen molar-refractivity contribution in [1.29, 1.82) is 0 Å². The van der Waals surface area contributed by atoms with Crippen LogP contribution in [0.1, 0.15) is 11.1 Å². The maximum Gasteiger partial charge on any atom is 0.231 e. The highest BCUT2D eigenvalue weighted by molar-refractivity contribution is 5.74. The quantitative estimate of drug-likeness (QED) is 0.912. The van der Waals surface area contributed by atoms with E-state index in [9.17, 15) is 0 Å². The maximum atomic E-state index is 5.69. The van der Waals surface area contributed by atoms with Gasteiger partial charge in [-0.3, -0.25) is 0 Å². The summed E-state index contributed by atoms with van der Waals surface area (Å²) in [7, 11) is 1.69. The molecule has 0 bridgehead atoms. The standard InChI is InChI=1S/C16H19N3O2/c1-20-12-4-2-11-3-5-13-15(14(11)10-12)18-21-16(13)19-8-6-17-7-9-19/h2,4,10,17H,3,5-9H2,1H3. The summed E-state index contributed by atoms with van der Waals surface area (Å²) < 4.78 is 11.0. The van der Waals surface area contributed by atoms with Crippen molar-refractivity contribution in [2.45, 2.75) is 12.8 Å². The first-order valence-corrected chi connectivity index (χ1v) is 7.48. The molecule has 0 atom stereocenters. The monoisotopic (exact) mass is 285 g/mol. The fourth-order valence-electron chi connectivity index (χ4n) is 3.23. The van der Waals surface area contributed by atoms with Gasteiger partial charge < -0.3 is 19.5 Å². The Labute approximate surface area is 123 Å². The third-order valence-electron chi connectivity index (χ3n) is 4.39. The SMILES string of the molecule is COc1ccc2c(c1)-c1noc(N3CCNCC3)c1CC2. The molecular formula is C16H19N3O2. The Morgan fingerprint density at radius 2 is 2.10 bits per heavy atom. The zero-order valence-electron chi connectivity index (χ0n) is 12.2. The van der Waals surface area contributed by atoms with Gasteiger partial charge in [0.05, 0.1) is 7.11 Å². The topological polar surface area (TPSA) is 50.5 Å². The van der Waals surface area contributed by atoms with E-state index in [0.717, 1.165) is 61.9 Å². The molecule has 2 aromatic rings. The van der Waals surface area contributed by atoms with Crippen molar-refractivity contribution in [2.75, 3.05) is 38.2 Å². The molecule has 2 heterocycles. The highest BCUT2D eigenvalue weighted by Gasteiger charge is 2.27. The van der Waals surface area contributed by atoms with E-state index >= 15 is 0 Å². The number of aromatic nitrogens is 1.